The van der Waals surface area contributed by atoms with Crippen molar-refractivity contribution in [2.24, 2.45) is 0 Å². The normalized spacial score (nSPS) is 15.0. The van der Waals surface area contributed by atoms with Crippen LogP contribution < -0.4 is 0 Å². The summed E-state index contributed by atoms with van der Waals surface area (Å²) in [5.74, 6) is 0.136. The smallest absolute Gasteiger partial charge is 0.223 e. The van der Waals surface area contributed by atoms with E-state index in [1.807, 2.05) is 6.20 Å². The van der Waals surface area contributed by atoms with Gasteiger partial charge >= 0.3 is 0 Å². The Morgan fingerprint density at radius 3 is 2.08 bits per heavy atom. The molecule has 1 amide bonds. The summed E-state index contributed by atoms with van der Waals surface area (Å²) in [6.07, 6.45) is 4.45. The zero-order valence-corrected chi connectivity index (χ0v) is 23.3. The zero-order valence-electron chi connectivity index (χ0n) is 23.3. The average molecular weight is 529 g/mol. The lowest BCUT2D eigenvalue weighted by Crippen LogP contribution is -2.50. The predicted octanol–water partition coefficient (Wildman–Crippen LogP) is 6.41. The van der Waals surface area contributed by atoms with E-state index in [9.17, 15) is 4.79 Å². The molecule has 1 unspecified atom stereocenters. The Morgan fingerprint density at radius 1 is 0.800 bits per heavy atom. The third-order valence-electron chi connectivity index (χ3n) is 8.26. The number of aromatic nitrogens is 2. The summed E-state index contributed by atoms with van der Waals surface area (Å²) in [6, 6.07) is 34.2. The molecule has 1 fully saturated rings. The molecule has 1 aliphatic heterocycles. The number of benzene rings is 3. The van der Waals surface area contributed by atoms with Crippen LogP contribution in [0.5, 0.6) is 0 Å². The van der Waals surface area contributed by atoms with Crippen LogP contribution in [0.25, 0.3) is 5.65 Å². The van der Waals surface area contributed by atoms with Gasteiger partial charge in [0.2, 0.25) is 5.91 Å². The number of amides is 1. The van der Waals surface area contributed by atoms with Gasteiger partial charge in [0.25, 0.3) is 0 Å². The largest absolute Gasteiger partial charge is 0.340 e. The van der Waals surface area contributed by atoms with Gasteiger partial charge < -0.3 is 9.30 Å². The van der Waals surface area contributed by atoms with Crippen LogP contribution in [-0.2, 0) is 4.79 Å². The monoisotopic (exact) mass is 528 g/mol. The van der Waals surface area contributed by atoms with E-state index in [-0.39, 0.29) is 17.9 Å². The first-order chi connectivity index (χ1) is 19.6. The highest BCUT2D eigenvalue weighted by Crippen LogP contribution is 2.33. The molecular weight excluding hydrogens is 492 g/mol. The third-order valence-corrected chi connectivity index (χ3v) is 8.26. The summed E-state index contributed by atoms with van der Waals surface area (Å²) < 4.78 is 2.14. The second-order valence-electron chi connectivity index (χ2n) is 10.9. The van der Waals surface area contributed by atoms with Gasteiger partial charge in [0.05, 0.1) is 11.7 Å². The van der Waals surface area contributed by atoms with E-state index in [0.29, 0.717) is 6.42 Å². The van der Waals surface area contributed by atoms with E-state index in [1.165, 1.54) is 27.8 Å². The highest BCUT2D eigenvalue weighted by atomic mass is 16.2. The van der Waals surface area contributed by atoms with Gasteiger partial charge in [-0.3, -0.25) is 9.69 Å². The number of nitrogens with zero attached hydrogens (tertiary/aromatic N) is 4. The maximum Gasteiger partial charge on any atom is 0.223 e. The second-order valence-corrected chi connectivity index (χ2v) is 10.9. The number of pyridine rings is 1. The molecule has 0 N–H and O–H groups in total. The Morgan fingerprint density at radius 2 is 1.43 bits per heavy atom. The lowest BCUT2D eigenvalue weighted by atomic mass is 9.89. The Labute approximate surface area is 236 Å². The molecule has 40 heavy (non-hydrogen) atoms. The molecule has 3 heterocycles. The number of hydrogen-bond donors (Lipinski definition) is 0. The molecule has 5 aromatic rings. The molecule has 1 aliphatic rings. The first kappa shape index (κ1) is 26.0. The summed E-state index contributed by atoms with van der Waals surface area (Å²) in [4.78, 5) is 23.1. The quantitative estimate of drug-likeness (QED) is 0.245. The second kappa shape index (κ2) is 11.5. The number of fused-ring (bicyclic) bond motifs is 1. The van der Waals surface area contributed by atoms with Gasteiger partial charge in [0.1, 0.15) is 5.65 Å². The minimum atomic E-state index is -0.0641. The molecule has 1 atom stereocenters. The SMILES string of the molecule is Cc1ccn2c(C(CC(=O)N3CCN(C(c4ccccc4)c4ccccc4)CC3)c3ccccc3C)cnc2c1. The van der Waals surface area contributed by atoms with E-state index in [2.05, 4.69) is 131 Å². The Kier molecular flexibility index (Phi) is 7.47. The van der Waals surface area contributed by atoms with Crippen molar-refractivity contribution in [1.29, 1.82) is 0 Å². The van der Waals surface area contributed by atoms with E-state index in [4.69, 9.17) is 4.98 Å². The molecule has 2 aromatic heterocycles. The fourth-order valence-corrected chi connectivity index (χ4v) is 6.13. The molecule has 5 nitrogen and oxygen atoms in total. The summed E-state index contributed by atoms with van der Waals surface area (Å²) >= 11 is 0. The van der Waals surface area contributed by atoms with Gasteiger partial charge in [-0.2, -0.15) is 0 Å². The van der Waals surface area contributed by atoms with Crippen LogP contribution in [0.4, 0.5) is 0 Å². The fourth-order valence-electron chi connectivity index (χ4n) is 6.13. The first-order valence-electron chi connectivity index (χ1n) is 14.2. The molecule has 0 saturated carbocycles. The molecule has 6 rings (SSSR count). The Bertz CT molecular complexity index is 1550. The number of carbonyl (C=O) groups is 1. The lowest BCUT2D eigenvalue weighted by Gasteiger charge is -2.40. The third kappa shape index (κ3) is 5.30. The van der Waals surface area contributed by atoms with Gasteiger partial charge in [-0.1, -0.05) is 84.9 Å². The van der Waals surface area contributed by atoms with Gasteiger partial charge in [0, 0.05) is 50.9 Å². The van der Waals surface area contributed by atoms with Crippen molar-refractivity contribution in [2.45, 2.75) is 32.2 Å². The van der Waals surface area contributed by atoms with Crippen molar-refractivity contribution in [3.8, 4) is 0 Å². The van der Waals surface area contributed by atoms with Crippen LogP contribution in [0.1, 0.15) is 51.9 Å². The summed E-state index contributed by atoms with van der Waals surface area (Å²) in [5, 5.41) is 0. The van der Waals surface area contributed by atoms with E-state index in [1.54, 1.807) is 0 Å². The number of carbonyl (C=O) groups excluding carboxylic acids is 1. The molecular formula is C35H36N4O. The number of imidazole rings is 1. The summed E-state index contributed by atoms with van der Waals surface area (Å²) in [5.41, 5.74) is 8.11. The standard InChI is InChI=1S/C35H36N4O/c1-26-17-18-39-32(25-36-33(39)23-26)31(30-16-10-9-11-27(30)2)24-34(40)37-19-21-38(22-20-37)35(28-12-5-3-6-13-28)29-14-7-4-8-15-29/h3-18,23,25,31,35H,19-22,24H2,1-2H3. The fraction of sp³-hybridized carbons (Fsp3) is 0.257. The van der Waals surface area contributed by atoms with Gasteiger partial charge in [-0.25, -0.2) is 4.98 Å². The number of hydrogen-bond acceptors (Lipinski definition) is 3. The molecule has 3 aromatic carbocycles. The van der Waals surface area contributed by atoms with Gasteiger partial charge in [0.15, 0.2) is 0 Å². The minimum absolute atomic E-state index is 0.0641. The van der Waals surface area contributed by atoms with Crippen molar-refractivity contribution in [3.63, 3.8) is 0 Å². The molecule has 5 heteroatoms. The van der Waals surface area contributed by atoms with Crippen LogP contribution in [-0.4, -0.2) is 51.3 Å². The van der Waals surface area contributed by atoms with Gasteiger partial charge in [-0.05, 0) is 53.8 Å². The van der Waals surface area contributed by atoms with Crippen molar-refractivity contribution >= 4 is 11.6 Å². The molecule has 0 radical (unpaired) electrons. The van der Waals surface area contributed by atoms with Crippen molar-refractivity contribution in [2.75, 3.05) is 26.2 Å². The van der Waals surface area contributed by atoms with Crippen LogP contribution in [0.15, 0.2) is 109 Å². The zero-order chi connectivity index (χ0) is 27.5. The highest BCUT2D eigenvalue weighted by Gasteiger charge is 2.30. The highest BCUT2D eigenvalue weighted by molar-refractivity contribution is 5.78. The Balaban J connectivity index is 1.23. The van der Waals surface area contributed by atoms with Gasteiger partial charge in [-0.15, -0.1) is 0 Å². The van der Waals surface area contributed by atoms with E-state index < -0.39 is 0 Å². The maximum absolute atomic E-state index is 13.9. The van der Waals surface area contributed by atoms with Crippen LogP contribution in [0.3, 0.4) is 0 Å². The molecule has 1 saturated heterocycles. The molecule has 0 bridgehead atoms. The van der Waals surface area contributed by atoms with Crippen LogP contribution in [0.2, 0.25) is 0 Å². The molecule has 202 valence electrons. The first-order valence-corrected chi connectivity index (χ1v) is 14.2. The predicted molar refractivity (Wildman–Crippen MR) is 160 cm³/mol. The summed E-state index contributed by atoms with van der Waals surface area (Å²) in [7, 11) is 0. The van der Waals surface area contributed by atoms with Crippen molar-refractivity contribution in [1.82, 2.24) is 19.2 Å². The molecule has 0 aliphatic carbocycles. The Hall–Kier alpha value is -4.22. The number of rotatable bonds is 7. The number of aryl methyl sites for hydroxylation is 2. The van der Waals surface area contributed by atoms with Crippen LogP contribution >= 0.6 is 0 Å². The average Bonchev–Trinajstić information content (AvgIpc) is 3.40. The van der Waals surface area contributed by atoms with E-state index >= 15 is 0 Å². The summed E-state index contributed by atoms with van der Waals surface area (Å²) in [6.45, 7) is 7.33. The maximum atomic E-state index is 13.9. The number of piperazine rings is 1. The van der Waals surface area contributed by atoms with Crippen LogP contribution in [0, 0.1) is 13.8 Å². The van der Waals surface area contributed by atoms with Crippen molar-refractivity contribution in [3.05, 3.63) is 143 Å². The molecule has 0 spiro atoms. The minimum Gasteiger partial charge on any atom is -0.340 e. The van der Waals surface area contributed by atoms with Crippen molar-refractivity contribution < 1.29 is 4.79 Å². The van der Waals surface area contributed by atoms with E-state index in [0.717, 1.165) is 37.5 Å². The topological polar surface area (TPSA) is 40.9 Å². The lowest BCUT2D eigenvalue weighted by molar-refractivity contribution is -0.133.